The first-order valence-electron chi connectivity index (χ1n) is 7.50. The van der Waals surface area contributed by atoms with Gasteiger partial charge in [-0.15, -0.1) is 0 Å². The highest BCUT2D eigenvalue weighted by atomic mass is 79.9. The van der Waals surface area contributed by atoms with Gasteiger partial charge in [0, 0.05) is 28.5 Å². The Hall–Kier alpha value is -1.27. The number of hydrogen-bond donors (Lipinski definition) is 1. The molecule has 2 aliphatic rings. The predicted molar refractivity (Wildman–Crippen MR) is 81.5 cm³/mol. The Morgan fingerprint density at radius 2 is 2.14 bits per heavy atom. The van der Waals surface area contributed by atoms with Gasteiger partial charge in [-0.2, -0.15) is 4.98 Å². The molecule has 4 rings (SSSR count). The predicted octanol–water partition coefficient (Wildman–Crippen LogP) is 3.49. The van der Waals surface area contributed by atoms with Crippen LogP contribution < -0.4 is 5.32 Å². The normalized spacial score (nSPS) is 28.5. The smallest absolute Gasteiger partial charge is 0.244 e. The molecule has 1 aliphatic carbocycles. The van der Waals surface area contributed by atoms with Gasteiger partial charge in [0.1, 0.15) is 0 Å². The number of halogens is 1. The first-order valence-corrected chi connectivity index (χ1v) is 8.29. The number of pyridine rings is 1. The second kappa shape index (κ2) is 5.50. The Balaban J connectivity index is 1.55. The maximum atomic E-state index is 5.48. The van der Waals surface area contributed by atoms with Gasteiger partial charge in [0.2, 0.25) is 11.7 Å². The first kappa shape index (κ1) is 13.4. The van der Waals surface area contributed by atoms with Crippen LogP contribution in [0.4, 0.5) is 0 Å². The van der Waals surface area contributed by atoms with Crippen LogP contribution in [-0.4, -0.2) is 21.2 Å². The molecule has 1 saturated heterocycles. The van der Waals surface area contributed by atoms with E-state index in [1.807, 2.05) is 6.07 Å². The van der Waals surface area contributed by atoms with E-state index in [2.05, 4.69) is 36.4 Å². The summed E-state index contributed by atoms with van der Waals surface area (Å²) in [5.41, 5.74) is 0.870. The summed E-state index contributed by atoms with van der Waals surface area (Å²) >= 11 is 3.41. The van der Waals surface area contributed by atoms with Crippen LogP contribution in [0.1, 0.15) is 44.0 Å². The van der Waals surface area contributed by atoms with Crippen LogP contribution in [-0.2, 0) is 0 Å². The summed E-state index contributed by atoms with van der Waals surface area (Å²) in [5.74, 6) is 2.08. The van der Waals surface area contributed by atoms with Crippen LogP contribution in [0.5, 0.6) is 0 Å². The second-order valence-corrected chi connectivity index (χ2v) is 6.87. The molecule has 0 aromatic carbocycles. The third kappa shape index (κ3) is 2.62. The molecule has 1 aliphatic heterocycles. The van der Waals surface area contributed by atoms with E-state index < -0.39 is 0 Å². The zero-order valence-corrected chi connectivity index (χ0v) is 13.2. The van der Waals surface area contributed by atoms with Crippen LogP contribution in [0, 0.1) is 5.92 Å². The summed E-state index contributed by atoms with van der Waals surface area (Å²) in [5, 5.41) is 7.77. The second-order valence-electron chi connectivity index (χ2n) is 5.95. The van der Waals surface area contributed by atoms with E-state index in [0.29, 0.717) is 17.8 Å². The van der Waals surface area contributed by atoms with E-state index in [4.69, 9.17) is 4.52 Å². The van der Waals surface area contributed by atoms with Crippen molar-refractivity contribution in [3.05, 3.63) is 28.8 Å². The minimum absolute atomic E-state index is 0.208. The average molecular weight is 349 g/mol. The fourth-order valence-electron chi connectivity index (χ4n) is 3.54. The van der Waals surface area contributed by atoms with Gasteiger partial charge in [-0.25, -0.2) is 0 Å². The average Bonchev–Trinajstić information content (AvgIpc) is 3.14. The van der Waals surface area contributed by atoms with Crippen molar-refractivity contribution >= 4 is 15.9 Å². The Kier molecular flexibility index (Phi) is 3.51. The number of rotatable bonds is 2. The van der Waals surface area contributed by atoms with Crippen LogP contribution in [0.15, 0.2) is 27.5 Å². The Morgan fingerprint density at radius 3 is 3.00 bits per heavy atom. The van der Waals surface area contributed by atoms with E-state index in [1.165, 1.54) is 25.7 Å². The van der Waals surface area contributed by atoms with Crippen LogP contribution in [0.25, 0.3) is 11.4 Å². The Labute approximate surface area is 131 Å². The molecule has 5 nitrogen and oxygen atoms in total. The number of hydrogen-bond acceptors (Lipinski definition) is 5. The van der Waals surface area contributed by atoms with Crippen molar-refractivity contribution in [1.82, 2.24) is 20.4 Å². The van der Waals surface area contributed by atoms with Crippen molar-refractivity contribution < 1.29 is 4.52 Å². The molecule has 1 saturated carbocycles. The van der Waals surface area contributed by atoms with E-state index in [0.717, 1.165) is 22.4 Å². The van der Waals surface area contributed by atoms with Gasteiger partial charge in [-0.05, 0) is 47.2 Å². The van der Waals surface area contributed by atoms with Gasteiger partial charge in [0.15, 0.2) is 0 Å². The highest BCUT2D eigenvalue weighted by Crippen LogP contribution is 2.38. The lowest BCUT2D eigenvalue weighted by atomic mass is 9.85. The lowest BCUT2D eigenvalue weighted by molar-refractivity contribution is 0.324. The number of aromatic nitrogens is 3. The third-order valence-corrected chi connectivity index (χ3v) is 5.00. The molecule has 3 atom stereocenters. The van der Waals surface area contributed by atoms with Crippen molar-refractivity contribution in [3.63, 3.8) is 0 Å². The minimum atomic E-state index is 0.208. The molecule has 3 heterocycles. The molecule has 3 unspecified atom stereocenters. The summed E-state index contributed by atoms with van der Waals surface area (Å²) in [6.07, 6.45) is 9.90. The molecule has 0 spiro atoms. The number of nitrogens with zero attached hydrogens (tertiary/aromatic N) is 3. The molecular formula is C15H17BrN4O. The largest absolute Gasteiger partial charge is 0.337 e. The summed E-state index contributed by atoms with van der Waals surface area (Å²) < 4.78 is 6.40. The topological polar surface area (TPSA) is 63.8 Å². The lowest BCUT2D eigenvalue weighted by Crippen LogP contribution is -2.30. The van der Waals surface area contributed by atoms with Crippen molar-refractivity contribution in [2.24, 2.45) is 5.92 Å². The van der Waals surface area contributed by atoms with Gasteiger partial charge in [0.25, 0.3) is 0 Å². The Morgan fingerprint density at radius 1 is 1.24 bits per heavy atom. The molecular weight excluding hydrogens is 332 g/mol. The van der Waals surface area contributed by atoms with Gasteiger partial charge < -0.3 is 9.84 Å². The highest BCUT2D eigenvalue weighted by molar-refractivity contribution is 9.10. The van der Waals surface area contributed by atoms with Crippen LogP contribution in [0.3, 0.4) is 0 Å². The fourth-order valence-corrected chi connectivity index (χ4v) is 3.90. The number of fused-ring (bicyclic) bond motifs is 1. The summed E-state index contributed by atoms with van der Waals surface area (Å²) in [7, 11) is 0. The molecule has 2 aromatic rings. The SMILES string of the molecule is Brc1cncc(-c2noc(C3CC4CCCCC4N3)n2)c1. The van der Waals surface area contributed by atoms with Gasteiger partial charge in [-0.3, -0.25) is 4.98 Å². The Bertz CT molecular complexity index is 630. The summed E-state index contributed by atoms with van der Waals surface area (Å²) in [6.45, 7) is 0. The first-order chi connectivity index (χ1) is 10.3. The summed E-state index contributed by atoms with van der Waals surface area (Å²) in [4.78, 5) is 8.70. The fraction of sp³-hybridized carbons (Fsp3) is 0.533. The van der Waals surface area contributed by atoms with Crippen molar-refractivity contribution in [2.45, 2.75) is 44.2 Å². The quantitative estimate of drug-likeness (QED) is 0.899. The standard InChI is InChI=1S/C15H17BrN4O/c16-11-5-10(7-17-8-11)14-19-15(21-20-14)13-6-9-3-1-2-4-12(9)18-13/h5,7-9,12-13,18H,1-4,6H2. The van der Waals surface area contributed by atoms with E-state index in [9.17, 15) is 0 Å². The summed E-state index contributed by atoms with van der Waals surface area (Å²) in [6, 6.07) is 2.79. The maximum Gasteiger partial charge on any atom is 0.244 e. The zero-order chi connectivity index (χ0) is 14.2. The third-order valence-electron chi connectivity index (χ3n) is 4.57. The van der Waals surface area contributed by atoms with Gasteiger partial charge >= 0.3 is 0 Å². The van der Waals surface area contributed by atoms with E-state index in [1.54, 1.807) is 12.4 Å². The lowest BCUT2D eigenvalue weighted by Gasteiger charge is -2.24. The zero-order valence-electron chi connectivity index (χ0n) is 11.6. The van der Waals surface area contributed by atoms with Crippen molar-refractivity contribution in [2.75, 3.05) is 0 Å². The number of nitrogens with one attached hydrogen (secondary N) is 1. The van der Waals surface area contributed by atoms with Crippen LogP contribution in [0.2, 0.25) is 0 Å². The molecule has 110 valence electrons. The molecule has 0 radical (unpaired) electrons. The monoisotopic (exact) mass is 348 g/mol. The van der Waals surface area contributed by atoms with Crippen LogP contribution >= 0.6 is 15.9 Å². The molecule has 0 amide bonds. The molecule has 1 N–H and O–H groups in total. The molecule has 0 bridgehead atoms. The minimum Gasteiger partial charge on any atom is -0.337 e. The van der Waals surface area contributed by atoms with E-state index in [-0.39, 0.29) is 6.04 Å². The van der Waals surface area contributed by atoms with Crippen molar-refractivity contribution in [1.29, 1.82) is 0 Å². The highest BCUT2D eigenvalue weighted by Gasteiger charge is 2.38. The molecule has 2 fully saturated rings. The van der Waals surface area contributed by atoms with Gasteiger partial charge in [-0.1, -0.05) is 18.0 Å². The maximum absolute atomic E-state index is 5.48. The van der Waals surface area contributed by atoms with Gasteiger partial charge in [0.05, 0.1) is 6.04 Å². The molecule has 21 heavy (non-hydrogen) atoms. The van der Waals surface area contributed by atoms with Crippen molar-refractivity contribution in [3.8, 4) is 11.4 Å². The van der Waals surface area contributed by atoms with E-state index >= 15 is 0 Å². The molecule has 6 heteroatoms. The molecule has 2 aromatic heterocycles.